The number of allylic oxidation sites excluding steroid dienone is 2. The number of aliphatic hydroxyl groups excluding tert-OH is 2. The summed E-state index contributed by atoms with van der Waals surface area (Å²) in [5.74, 6) is -9.36. The number of carboxylic acids is 1. The minimum Gasteiger partial charge on any atom is -0.506 e. The van der Waals surface area contributed by atoms with E-state index < -0.39 is 147 Å². The van der Waals surface area contributed by atoms with Crippen molar-refractivity contribution in [2.75, 3.05) is 27.9 Å². The predicted octanol–water partition coefficient (Wildman–Crippen LogP) is -1.18. The Hall–Kier alpha value is -5.08. The van der Waals surface area contributed by atoms with Crippen LogP contribution in [-0.2, 0) is 35.8 Å². The predicted molar refractivity (Wildman–Crippen MR) is 175 cm³/mol. The van der Waals surface area contributed by atoms with Crippen molar-refractivity contribution in [3.05, 3.63) is 68.4 Å². The number of phenolic OH excluding ortho intramolecular Hbond substituents is 1. The zero-order valence-corrected chi connectivity index (χ0v) is 28.9. The summed E-state index contributed by atoms with van der Waals surface area (Å²) in [6.07, 6.45) is -6.86. The first kappa shape index (κ1) is 37.7. The molecule has 1 aliphatic heterocycles. The Morgan fingerprint density at radius 3 is 2.26 bits per heavy atom. The summed E-state index contributed by atoms with van der Waals surface area (Å²) in [5, 5.41) is 59.4. The standard InChI is InChI=1S/C35H36N2O16/c1-11-6-13-7-18(39)35(51-5)31(45)22-15(30(44)34(35,48)23(13)28(20(11)33(46)47)52-10-19(36)40)8-14-21(25(22)42)17(38)9-16(24(14)41)37-32-29(50-4)26(43)27(49-3)12(2)53-32/h6,8-9,12,18,26-27,29,32,37,39,42-43,48H,7,10H2,1-5H3,(H2,36,40)(H,46,47)/t12-,18?,26+,27-,29+,32?,34?,35?/m0/s1. The zero-order chi connectivity index (χ0) is 39.1. The molecule has 0 radical (unpaired) electrons. The highest BCUT2D eigenvalue weighted by Crippen LogP contribution is 2.57. The van der Waals surface area contributed by atoms with Gasteiger partial charge < -0.3 is 60.3 Å². The van der Waals surface area contributed by atoms with Gasteiger partial charge in [-0.05, 0) is 31.0 Å². The van der Waals surface area contributed by atoms with Crippen LogP contribution in [0.4, 0.5) is 0 Å². The van der Waals surface area contributed by atoms with Crippen LogP contribution in [0.1, 0.15) is 75.4 Å². The molecule has 2 aromatic carbocycles. The molecule has 0 bridgehead atoms. The third kappa shape index (κ3) is 5.12. The molecule has 1 heterocycles. The van der Waals surface area contributed by atoms with E-state index in [0.717, 1.165) is 19.3 Å². The monoisotopic (exact) mass is 740 g/mol. The Labute approximate surface area is 300 Å². The fourth-order valence-electron chi connectivity index (χ4n) is 8.02. The van der Waals surface area contributed by atoms with Gasteiger partial charge in [-0.15, -0.1) is 0 Å². The van der Waals surface area contributed by atoms with Crippen LogP contribution in [0.2, 0.25) is 0 Å². The van der Waals surface area contributed by atoms with Crippen LogP contribution in [0.25, 0.3) is 0 Å². The maximum Gasteiger partial charge on any atom is 0.339 e. The molecule has 0 spiro atoms. The molecule has 18 nitrogen and oxygen atoms in total. The maximum absolute atomic E-state index is 14.8. The minimum absolute atomic E-state index is 0.0337. The highest BCUT2D eigenvalue weighted by Gasteiger charge is 2.73. The van der Waals surface area contributed by atoms with Crippen molar-refractivity contribution in [1.29, 1.82) is 0 Å². The fraction of sp³-hybridized carbons (Fsp3) is 0.429. The topological polar surface area (TPSA) is 288 Å². The molecule has 1 amide bonds. The van der Waals surface area contributed by atoms with Crippen LogP contribution >= 0.6 is 0 Å². The molecule has 18 heteroatoms. The molecule has 8 N–H and O–H groups in total. The Kier molecular flexibility index (Phi) is 9.31. The number of aromatic hydroxyl groups is 1. The molecule has 53 heavy (non-hydrogen) atoms. The lowest BCUT2D eigenvalue weighted by Gasteiger charge is -2.53. The van der Waals surface area contributed by atoms with Crippen molar-refractivity contribution in [2.45, 2.75) is 68.2 Å². The first-order valence-corrected chi connectivity index (χ1v) is 16.2. The second kappa shape index (κ2) is 13.1. The van der Waals surface area contributed by atoms with Crippen molar-refractivity contribution in [3.63, 3.8) is 0 Å². The lowest BCUT2D eigenvalue weighted by molar-refractivity contribution is -0.236. The molecule has 3 aliphatic carbocycles. The Morgan fingerprint density at radius 1 is 1.02 bits per heavy atom. The van der Waals surface area contributed by atoms with E-state index in [1.165, 1.54) is 27.2 Å². The van der Waals surface area contributed by atoms with Crippen molar-refractivity contribution < 1.29 is 78.0 Å². The number of Topliss-reactive ketones (excluding diaryl/α,β-unsaturated/α-hetero) is 3. The van der Waals surface area contributed by atoms with Crippen LogP contribution in [0.5, 0.6) is 11.5 Å². The van der Waals surface area contributed by atoms with E-state index in [1.54, 1.807) is 6.92 Å². The molecule has 4 aliphatic rings. The number of methoxy groups -OCH3 is 3. The van der Waals surface area contributed by atoms with E-state index in [2.05, 4.69) is 5.32 Å². The first-order chi connectivity index (χ1) is 24.9. The summed E-state index contributed by atoms with van der Waals surface area (Å²) in [4.78, 5) is 81.2. The molecule has 0 saturated carbocycles. The number of carboxylic acid groups (broad SMARTS) is 1. The number of phenols is 1. The SMILES string of the molecule is CO[C@@H]1[C@@H](O)[C@@H](OC)C(NC2=CC(=O)c3c(cc4c(c3O)C(=O)C3(OC)C(O)Cc5cc(C)c(C(=O)O)c(OCC(N)=O)c5C3(O)C4=O)C2=O)O[C@H]1C. The molecule has 6 rings (SSSR count). The zero-order valence-electron chi connectivity index (χ0n) is 28.9. The van der Waals surface area contributed by atoms with Gasteiger partial charge in [-0.2, -0.15) is 0 Å². The van der Waals surface area contributed by atoms with Crippen LogP contribution < -0.4 is 15.8 Å². The van der Waals surface area contributed by atoms with Crippen LogP contribution in [0, 0.1) is 6.92 Å². The van der Waals surface area contributed by atoms with Crippen LogP contribution in [-0.4, -0.2) is 131 Å². The molecule has 282 valence electrons. The Morgan fingerprint density at radius 2 is 1.68 bits per heavy atom. The molecular weight excluding hydrogens is 704 g/mol. The van der Waals surface area contributed by atoms with Crippen molar-refractivity contribution >= 4 is 35.0 Å². The van der Waals surface area contributed by atoms with Gasteiger partial charge in [0.15, 0.2) is 29.8 Å². The van der Waals surface area contributed by atoms with Gasteiger partial charge in [0.2, 0.25) is 17.3 Å². The van der Waals surface area contributed by atoms with Crippen LogP contribution in [0.15, 0.2) is 23.9 Å². The van der Waals surface area contributed by atoms with Gasteiger partial charge in [0.1, 0.15) is 35.4 Å². The van der Waals surface area contributed by atoms with Crippen molar-refractivity contribution in [3.8, 4) is 11.5 Å². The molecule has 1 saturated heterocycles. The average molecular weight is 741 g/mol. The number of aryl methyl sites for hydroxylation is 1. The highest BCUT2D eigenvalue weighted by atomic mass is 16.6. The minimum atomic E-state index is -3.32. The van der Waals surface area contributed by atoms with Gasteiger partial charge in [-0.1, -0.05) is 6.07 Å². The summed E-state index contributed by atoms with van der Waals surface area (Å²) < 4.78 is 27.6. The second-order valence-electron chi connectivity index (χ2n) is 13.1. The quantitative estimate of drug-likeness (QED) is 0.159. The number of hydrogen-bond acceptors (Lipinski definition) is 16. The highest BCUT2D eigenvalue weighted by molar-refractivity contribution is 6.31. The number of hydrogen-bond donors (Lipinski definition) is 7. The second-order valence-corrected chi connectivity index (χ2v) is 13.1. The third-order valence-corrected chi connectivity index (χ3v) is 10.3. The van der Waals surface area contributed by atoms with Crippen molar-refractivity contribution in [1.82, 2.24) is 5.32 Å². The Balaban J connectivity index is 1.54. The number of carbonyl (C=O) groups is 6. The van der Waals surface area contributed by atoms with E-state index in [4.69, 9.17) is 29.4 Å². The van der Waals surface area contributed by atoms with E-state index >= 15 is 0 Å². The van der Waals surface area contributed by atoms with E-state index in [-0.39, 0.29) is 11.1 Å². The number of nitrogens with two attached hydrogens (primary N) is 1. The largest absolute Gasteiger partial charge is 0.506 e. The van der Waals surface area contributed by atoms with Gasteiger partial charge in [0, 0.05) is 50.5 Å². The lowest BCUT2D eigenvalue weighted by atomic mass is 9.56. The number of nitrogens with one attached hydrogen (secondary N) is 1. The number of benzene rings is 2. The molecule has 1 fully saturated rings. The number of rotatable bonds is 9. The van der Waals surface area contributed by atoms with E-state index in [0.29, 0.717) is 0 Å². The Bertz CT molecular complexity index is 2040. The molecule has 0 aromatic heterocycles. The number of ether oxygens (including phenoxy) is 5. The van der Waals surface area contributed by atoms with Gasteiger partial charge in [0.05, 0.1) is 29.0 Å². The van der Waals surface area contributed by atoms with Gasteiger partial charge in [-0.25, -0.2) is 4.79 Å². The number of fused-ring (bicyclic) bond motifs is 5. The third-order valence-electron chi connectivity index (χ3n) is 10.3. The average Bonchev–Trinajstić information content (AvgIpc) is 3.08. The number of ketones is 4. The fourth-order valence-corrected chi connectivity index (χ4v) is 8.02. The summed E-state index contributed by atoms with van der Waals surface area (Å²) in [6, 6.07) is 2.05. The number of aliphatic hydroxyl groups is 3. The van der Waals surface area contributed by atoms with E-state index in [9.17, 15) is 54.3 Å². The van der Waals surface area contributed by atoms with Crippen LogP contribution in [0.3, 0.4) is 0 Å². The summed E-state index contributed by atoms with van der Waals surface area (Å²) in [5.41, 5.74) is -5.67. The normalized spacial score (nSPS) is 30.5. The van der Waals surface area contributed by atoms with Gasteiger partial charge in [-0.3, -0.25) is 24.0 Å². The van der Waals surface area contributed by atoms with E-state index in [1.807, 2.05) is 0 Å². The number of primary amides is 1. The molecule has 4 unspecified atom stereocenters. The molecule has 8 atom stereocenters. The summed E-state index contributed by atoms with van der Waals surface area (Å²) in [6.45, 7) is 2.02. The smallest absolute Gasteiger partial charge is 0.339 e. The van der Waals surface area contributed by atoms with Gasteiger partial charge in [0.25, 0.3) is 5.91 Å². The summed E-state index contributed by atoms with van der Waals surface area (Å²) >= 11 is 0. The van der Waals surface area contributed by atoms with Gasteiger partial charge >= 0.3 is 5.97 Å². The number of amides is 1. The van der Waals surface area contributed by atoms with Crippen molar-refractivity contribution in [2.24, 2.45) is 5.73 Å². The number of aromatic carboxylic acids is 1. The lowest BCUT2D eigenvalue weighted by Crippen LogP contribution is -2.73. The first-order valence-electron chi connectivity index (χ1n) is 16.2. The molecular formula is C35H36N2O16. The number of carbonyl (C=O) groups excluding carboxylic acids is 5. The maximum atomic E-state index is 14.8. The molecule has 2 aromatic rings. The summed E-state index contributed by atoms with van der Waals surface area (Å²) in [7, 11) is 3.51.